The summed E-state index contributed by atoms with van der Waals surface area (Å²) in [6, 6.07) is 0. The van der Waals surface area contributed by atoms with Crippen molar-refractivity contribution in [1.82, 2.24) is 0 Å². The Balaban J connectivity index is -0.000000490. The van der Waals surface area contributed by atoms with Gasteiger partial charge in [-0.2, -0.15) is 0 Å². The summed E-state index contributed by atoms with van der Waals surface area (Å²) in [6.45, 7) is -1.79. The van der Waals surface area contributed by atoms with E-state index in [1.54, 1.807) is 0 Å². The molecule has 0 radical (unpaired) electrons. The molecule has 0 aliphatic carbocycles. The van der Waals surface area contributed by atoms with E-state index in [0.717, 1.165) is 0 Å². The van der Waals surface area contributed by atoms with E-state index in [2.05, 4.69) is 0 Å². The topological polar surface area (TPSA) is 323 Å². The van der Waals surface area contributed by atoms with Gasteiger partial charge in [0.15, 0.2) is 0 Å². The summed E-state index contributed by atoms with van der Waals surface area (Å²) >= 11 is 0. The van der Waals surface area contributed by atoms with Crippen LogP contribution in [0.5, 0.6) is 0 Å². The Hall–Kier alpha value is -0.917. The second-order valence-electron chi connectivity index (χ2n) is 5.97. The predicted molar refractivity (Wildman–Crippen MR) is 84.3 cm³/mol. The maximum Gasteiger partial charge on any atom is 2.00 e. The van der Waals surface area contributed by atoms with Gasteiger partial charge in [0.05, 0.1) is 25.2 Å². The van der Waals surface area contributed by atoms with Crippen LogP contribution in [-0.2, 0) is 29.1 Å². The summed E-state index contributed by atoms with van der Waals surface area (Å²) in [5, 5.41) is 126. The summed E-state index contributed by atoms with van der Waals surface area (Å²) in [5.41, 5.74) is 0. The van der Waals surface area contributed by atoms with Gasteiger partial charge in [0.25, 0.3) is 0 Å². The van der Waals surface area contributed by atoms with Crippen LogP contribution in [0.15, 0.2) is 0 Å². The minimum absolute atomic E-state index is 0. The van der Waals surface area contributed by atoms with Gasteiger partial charge in [0.1, 0.15) is 61.0 Å². The smallest absolute Gasteiger partial charge is 0.547 e. The molecule has 0 aliphatic rings. The fourth-order valence-corrected chi connectivity index (χ4v) is 1.73. The van der Waals surface area contributed by atoms with Crippen LogP contribution in [0.4, 0.5) is 0 Å². The molecule has 31 heavy (non-hydrogen) atoms. The predicted octanol–water partition coefficient (Wildman–Crippen LogP) is -10.9. The van der Waals surface area contributed by atoms with Crippen LogP contribution in [-0.4, -0.2) is 147 Å². The van der Waals surface area contributed by atoms with Gasteiger partial charge in [-0.25, -0.2) is 0 Å². The molecule has 0 aromatic heterocycles. The number of aliphatic carboxylic acids is 2. The van der Waals surface area contributed by atoms with Gasteiger partial charge >= 0.3 is 19.5 Å². The minimum Gasteiger partial charge on any atom is -0.547 e. The minimum atomic E-state index is -2.40. The third-order valence-corrected chi connectivity index (χ3v) is 3.69. The summed E-state index contributed by atoms with van der Waals surface area (Å²) in [5.74, 6) is -4.07. The molecular weight excluding hydrogens is 490 g/mol. The van der Waals surface area contributed by atoms with E-state index < -0.39 is 86.2 Å². The van der Waals surface area contributed by atoms with Crippen LogP contribution in [0, 0.1) is 0 Å². The maximum absolute atomic E-state index is 10.1. The molecule has 0 spiro atoms. The second-order valence-corrected chi connectivity index (χ2v) is 5.97. The number of carboxylic acid groups (broad SMARTS) is 2. The number of carboxylic acids is 2. The first-order valence-electron chi connectivity index (χ1n) is 8.09. The Morgan fingerprint density at radius 3 is 0.903 bits per heavy atom. The van der Waals surface area contributed by atoms with Crippen molar-refractivity contribution in [1.29, 1.82) is 0 Å². The standard InChI is InChI=1S/2C7H14O8.Zn/c2*8-1-2(9)3(10)4(11)5(12)6(13)7(14)15;/h2*2-6,8-13H,1H2,(H,14,15);/q;;+2/p-2/t2*2-,3-,4+,5-,6-;/m00./s1. The van der Waals surface area contributed by atoms with Crippen LogP contribution in [0.1, 0.15) is 0 Å². The molecule has 0 aliphatic heterocycles. The Morgan fingerprint density at radius 1 is 0.516 bits per heavy atom. The molecule has 12 N–H and O–H groups in total. The van der Waals surface area contributed by atoms with E-state index in [4.69, 9.17) is 61.3 Å². The molecule has 0 saturated carbocycles. The van der Waals surface area contributed by atoms with Crippen molar-refractivity contribution in [3.05, 3.63) is 0 Å². The second kappa shape index (κ2) is 16.7. The van der Waals surface area contributed by atoms with Gasteiger partial charge in [-0.15, -0.1) is 0 Å². The normalized spacial score (nSPS) is 20.8. The quantitative estimate of drug-likeness (QED) is 0.107. The molecule has 0 aromatic rings. The summed E-state index contributed by atoms with van der Waals surface area (Å²) in [7, 11) is 0. The summed E-state index contributed by atoms with van der Waals surface area (Å²) < 4.78 is 0. The molecule has 16 nitrogen and oxygen atoms in total. The van der Waals surface area contributed by atoms with Gasteiger partial charge in [0.2, 0.25) is 0 Å². The van der Waals surface area contributed by atoms with E-state index in [9.17, 15) is 19.8 Å². The van der Waals surface area contributed by atoms with Gasteiger partial charge in [-0.3, -0.25) is 0 Å². The molecule has 17 heteroatoms. The molecule has 180 valence electrons. The third-order valence-electron chi connectivity index (χ3n) is 3.69. The SMILES string of the molecule is O=C([O-])[C@@H](O)[C@@H](O)[C@H](O)[C@@H](O)[C@@H](O)CO.O=C([O-])[C@@H](O)[C@@H](O)[C@H](O)[C@@H](O)[C@@H](O)CO.[Zn+2]. The van der Waals surface area contributed by atoms with Gasteiger partial charge in [0, 0.05) is 0 Å². The van der Waals surface area contributed by atoms with Crippen LogP contribution >= 0.6 is 0 Å². The fraction of sp³-hybridized carbons (Fsp3) is 0.857. The monoisotopic (exact) mass is 514 g/mol. The molecule has 10 atom stereocenters. The average molecular weight is 516 g/mol. The van der Waals surface area contributed by atoms with Crippen molar-refractivity contribution in [3.8, 4) is 0 Å². The Morgan fingerprint density at radius 2 is 0.742 bits per heavy atom. The molecule has 0 amide bonds. The third kappa shape index (κ3) is 11.5. The first kappa shape index (κ1) is 34.7. The van der Waals surface area contributed by atoms with Crippen molar-refractivity contribution >= 4 is 11.9 Å². The van der Waals surface area contributed by atoms with E-state index in [0.29, 0.717) is 0 Å². The van der Waals surface area contributed by atoms with E-state index >= 15 is 0 Å². The molecule has 0 unspecified atom stereocenters. The van der Waals surface area contributed by atoms with Crippen molar-refractivity contribution < 1.29 is 101 Å². The number of hydrogen-bond donors (Lipinski definition) is 12. The largest absolute Gasteiger partial charge is 2.00 e. The van der Waals surface area contributed by atoms with Gasteiger partial charge in [-0.1, -0.05) is 0 Å². The van der Waals surface area contributed by atoms with Crippen molar-refractivity contribution in [3.63, 3.8) is 0 Å². The molecule has 0 heterocycles. The Kier molecular flexibility index (Phi) is 18.7. The van der Waals surface area contributed by atoms with Crippen molar-refractivity contribution in [2.45, 2.75) is 61.0 Å². The Bertz CT molecular complexity index is 465. The number of carbonyl (C=O) groups is 2. The number of rotatable bonds is 12. The molecule has 0 fully saturated rings. The zero-order valence-electron chi connectivity index (χ0n) is 15.9. The average Bonchev–Trinajstić information content (AvgIpc) is 2.73. The Labute approximate surface area is 187 Å². The van der Waals surface area contributed by atoms with Crippen LogP contribution in [0.25, 0.3) is 0 Å². The number of hydrogen-bond acceptors (Lipinski definition) is 16. The summed E-state index contributed by atoms with van der Waals surface area (Å²) in [4.78, 5) is 20.2. The van der Waals surface area contributed by atoms with Crippen LogP contribution in [0.2, 0.25) is 0 Å². The molecule has 0 bridgehead atoms. The number of aliphatic hydroxyl groups excluding tert-OH is 12. The number of carbonyl (C=O) groups excluding carboxylic acids is 2. The maximum atomic E-state index is 10.1. The number of aliphatic hydroxyl groups is 12. The first-order valence-corrected chi connectivity index (χ1v) is 8.09. The fourth-order valence-electron chi connectivity index (χ4n) is 1.73. The van der Waals surface area contributed by atoms with E-state index in [1.807, 2.05) is 0 Å². The molecule has 0 aromatic carbocycles. The summed E-state index contributed by atoms with van der Waals surface area (Å²) in [6.07, 6.45) is -21.0. The van der Waals surface area contributed by atoms with Crippen LogP contribution < -0.4 is 10.2 Å². The molecule has 0 rings (SSSR count). The van der Waals surface area contributed by atoms with Gasteiger partial charge in [-0.05, 0) is 0 Å². The molecule has 0 saturated heterocycles. The zero-order chi connectivity index (χ0) is 24.3. The van der Waals surface area contributed by atoms with Crippen molar-refractivity contribution in [2.75, 3.05) is 13.2 Å². The zero-order valence-corrected chi connectivity index (χ0v) is 18.9. The van der Waals surface area contributed by atoms with Crippen molar-refractivity contribution in [2.24, 2.45) is 0 Å². The first-order chi connectivity index (χ1) is 13.6. The van der Waals surface area contributed by atoms with E-state index in [-0.39, 0.29) is 19.5 Å². The van der Waals surface area contributed by atoms with Gasteiger partial charge < -0.3 is 81.1 Å². The van der Waals surface area contributed by atoms with Crippen LogP contribution in [0.3, 0.4) is 0 Å². The van der Waals surface area contributed by atoms with E-state index in [1.165, 1.54) is 0 Å². The molecular formula is C14H26O16Zn.